The average molecular weight is 401 g/mol. The molecule has 0 nitrogen and oxygen atoms in total. The zero-order valence-electron chi connectivity index (χ0n) is 8.63. The molecule has 0 saturated carbocycles. The Labute approximate surface area is 133 Å². The van der Waals surface area contributed by atoms with E-state index in [1.165, 1.54) is 0 Å². The van der Waals surface area contributed by atoms with Gasteiger partial charge in [0.2, 0.25) is 0 Å². The SMILES string of the molecule is Cl[P+]1(Cl)c2cccc3cccc(c23)[P-]1(Cl)(Cl)(Cl)Cl. The van der Waals surface area contributed by atoms with Crippen LogP contribution in [0.15, 0.2) is 36.4 Å². The second kappa shape index (κ2) is 3.37. The van der Waals surface area contributed by atoms with E-state index in [-0.39, 0.29) is 0 Å². The van der Waals surface area contributed by atoms with Gasteiger partial charge in [-0.1, -0.05) is 0 Å². The molecule has 0 N–H and O–H groups in total. The molecule has 2 aromatic rings. The van der Waals surface area contributed by atoms with Crippen LogP contribution in [0.1, 0.15) is 0 Å². The van der Waals surface area contributed by atoms with Gasteiger partial charge in [-0.25, -0.2) is 0 Å². The molecular weight excluding hydrogens is 395 g/mol. The van der Waals surface area contributed by atoms with Crippen LogP contribution in [0.3, 0.4) is 0 Å². The van der Waals surface area contributed by atoms with Crippen LogP contribution in [-0.2, 0) is 0 Å². The molecule has 2 aromatic carbocycles. The molecule has 0 spiro atoms. The van der Waals surface area contributed by atoms with E-state index in [9.17, 15) is 0 Å². The van der Waals surface area contributed by atoms with Crippen molar-refractivity contribution < 1.29 is 0 Å². The van der Waals surface area contributed by atoms with E-state index < -0.39 is 8.70 Å². The molecule has 0 fully saturated rings. The zero-order chi connectivity index (χ0) is 13.5. The summed E-state index contributed by atoms with van der Waals surface area (Å²) in [6.45, 7) is 0. The fourth-order valence-electron chi connectivity index (χ4n) is 2.24. The van der Waals surface area contributed by atoms with Gasteiger partial charge in [0.05, 0.1) is 0 Å². The summed E-state index contributed by atoms with van der Waals surface area (Å²) >= 11 is 39.1. The first-order chi connectivity index (χ1) is 7.99. The number of hydrogen-bond acceptors (Lipinski definition) is 0. The fraction of sp³-hybridized carbons (Fsp3) is 0. The molecule has 0 saturated heterocycles. The molecule has 1 aliphatic heterocycles. The predicted octanol–water partition coefficient (Wildman–Crippen LogP) is 7.05. The fourth-order valence-corrected chi connectivity index (χ4v) is 14.9. The maximum absolute atomic E-state index is 6.52. The van der Waals surface area contributed by atoms with Gasteiger partial charge in [-0.2, -0.15) is 0 Å². The molecule has 8 heteroatoms. The van der Waals surface area contributed by atoms with Crippen LogP contribution in [0.5, 0.6) is 0 Å². The second-order valence-electron chi connectivity index (χ2n) is 4.26. The molecule has 1 heterocycles. The molecule has 98 valence electrons. The maximum atomic E-state index is 6.52. The van der Waals surface area contributed by atoms with E-state index >= 15 is 0 Å². The van der Waals surface area contributed by atoms with Crippen molar-refractivity contribution >= 4 is 97.5 Å². The van der Waals surface area contributed by atoms with Crippen LogP contribution < -0.4 is 10.6 Å². The van der Waals surface area contributed by atoms with E-state index in [0.29, 0.717) is 10.6 Å². The summed E-state index contributed by atoms with van der Waals surface area (Å²) in [7, 11) is 0. The predicted molar refractivity (Wildman–Crippen MR) is 92.2 cm³/mol. The van der Waals surface area contributed by atoms with E-state index in [4.69, 9.17) is 67.4 Å². The molecule has 18 heavy (non-hydrogen) atoms. The Morgan fingerprint density at radius 1 is 0.833 bits per heavy atom. The summed E-state index contributed by atoms with van der Waals surface area (Å²) < 4.78 is -5.02. The van der Waals surface area contributed by atoms with Crippen molar-refractivity contribution in [2.45, 2.75) is 0 Å². The third kappa shape index (κ3) is 1.45. The Kier molecular flexibility index (Phi) is 2.67. The molecule has 0 aliphatic carbocycles. The van der Waals surface area contributed by atoms with Gasteiger partial charge >= 0.3 is 134 Å². The number of hydrogen-bond donors (Lipinski definition) is 0. The summed E-state index contributed by atoms with van der Waals surface area (Å²) in [5, 5.41) is 2.82. The quantitative estimate of drug-likeness (QED) is 0.416. The minimum atomic E-state index is -5.02. The van der Waals surface area contributed by atoms with Crippen molar-refractivity contribution in [1.82, 2.24) is 0 Å². The Morgan fingerprint density at radius 3 is 2.00 bits per heavy atom. The van der Waals surface area contributed by atoms with Gasteiger partial charge in [0.1, 0.15) is 0 Å². The van der Waals surface area contributed by atoms with Gasteiger partial charge in [0.15, 0.2) is 0 Å². The Morgan fingerprint density at radius 2 is 1.39 bits per heavy atom. The van der Waals surface area contributed by atoms with Gasteiger partial charge in [-0.05, 0) is 0 Å². The summed E-state index contributed by atoms with van der Waals surface area (Å²) in [5.41, 5.74) is -3.14. The van der Waals surface area contributed by atoms with Crippen LogP contribution in [-0.4, -0.2) is 0 Å². The van der Waals surface area contributed by atoms with Crippen molar-refractivity contribution in [3.63, 3.8) is 0 Å². The molecule has 0 unspecified atom stereocenters. The normalized spacial score (nSPS) is 29.0. The molecule has 1 aliphatic rings. The molecule has 0 bridgehead atoms. The van der Waals surface area contributed by atoms with Crippen LogP contribution in [0, 0.1) is 0 Å². The molecule has 0 amide bonds. The molecular formula is C10H6Cl6P2. The van der Waals surface area contributed by atoms with E-state index in [1.54, 1.807) is 18.2 Å². The molecule has 0 atom stereocenters. The molecule has 0 aromatic heterocycles. The summed E-state index contributed by atoms with van der Waals surface area (Å²) in [4.78, 5) is 0. The zero-order valence-corrected chi connectivity index (χ0v) is 15.0. The second-order valence-corrected chi connectivity index (χ2v) is 34.3. The van der Waals surface area contributed by atoms with Crippen LogP contribution in [0.2, 0.25) is 0 Å². The van der Waals surface area contributed by atoms with Gasteiger partial charge in [-0.15, -0.1) is 0 Å². The van der Waals surface area contributed by atoms with E-state index in [1.807, 2.05) is 18.2 Å². The summed E-state index contributed by atoms with van der Waals surface area (Å²) in [5.74, 6) is 0. The van der Waals surface area contributed by atoms with Crippen LogP contribution >= 0.6 is 76.1 Å². The van der Waals surface area contributed by atoms with Crippen molar-refractivity contribution in [1.29, 1.82) is 0 Å². The third-order valence-corrected chi connectivity index (χ3v) is 34.5. The summed E-state index contributed by atoms with van der Waals surface area (Å²) in [6.07, 6.45) is 0. The number of rotatable bonds is 0. The van der Waals surface area contributed by atoms with Gasteiger partial charge in [-0.3, -0.25) is 0 Å². The van der Waals surface area contributed by atoms with Crippen LogP contribution in [0.4, 0.5) is 0 Å². The monoisotopic (exact) mass is 398 g/mol. The third-order valence-electron chi connectivity index (χ3n) is 3.13. The Hall–Kier alpha value is 1.30. The van der Waals surface area contributed by atoms with Gasteiger partial charge in [0.25, 0.3) is 0 Å². The van der Waals surface area contributed by atoms with E-state index in [2.05, 4.69) is 0 Å². The number of halogens is 6. The van der Waals surface area contributed by atoms with Gasteiger partial charge in [0, 0.05) is 0 Å². The summed E-state index contributed by atoms with van der Waals surface area (Å²) in [6, 6.07) is 11.0. The standard InChI is InChI=1S/C10H6Cl6P2/c11-17(12)8-5-1-3-7-4-2-6-9(10(7)8)18(17,13,14,15)16/h1-6H. The van der Waals surface area contributed by atoms with Crippen molar-refractivity contribution in [2.24, 2.45) is 0 Å². The average Bonchev–Trinajstić information content (AvgIpc) is 2.35. The Balaban J connectivity index is 2.67. The minimum absolute atomic E-state index is 0.457. The van der Waals surface area contributed by atoms with Crippen molar-refractivity contribution in [3.05, 3.63) is 36.4 Å². The van der Waals surface area contributed by atoms with E-state index in [0.717, 1.165) is 10.8 Å². The Bertz CT molecular complexity index is 697. The van der Waals surface area contributed by atoms with Crippen LogP contribution in [0.25, 0.3) is 10.8 Å². The molecule has 0 radical (unpaired) electrons. The van der Waals surface area contributed by atoms with Crippen molar-refractivity contribution in [3.8, 4) is 0 Å². The first-order valence-electron chi connectivity index (χ1n) is 4.90. The first-order valence-corrected chi connectivity index (χ1v) is 15.5. The molecule has 3 rings (SSSR count). The topological polar surface area (TPSA) is 0 Å². The van der Waals surface area contributed by atoms with Gasteiger partial charge < -0.3 is 0 Å². The first kappa shape index (κ1) is 14.2. The number of benzene rings is 2. The van der Waals surface area contributed by atoms with Crippen molar-refractivity contribution in [2.75, 3.05) is 0 Å².